The van der Waals surface area contributed by atoms with E-state index in [4.69, 9.17) is 0 Å². The number of carbonyl (C=O) groups is 1. The van der Waals surface area contributed by atoms with Crippen LogP contribution in [0.25, 0.3) is 10.9 Å². The third-order valence-corrected chi connectivity index (χ3v) is 5.16. The molecule has 2 N–H and O–H groups in total. The van der Waals surface area contributed by atoms with Crippen LogP contribution in [0.3, 0.4) is 0 Å². The summed E-state index contributed by atoms with van der Waals surface area (Å²) in [4.78, 5) is 31.9. The van der Waals surface area contributed by atoms with Crippen molar-refractivity contribution in [2.45, 2.75) is 38.1 Å². The van der Waals surface area contributed by atoms with Gasteiger partial charge < -0.3 is 10.3 Å². The SMILES string of the molecule is Cc1cc(C)c(NC(=O)C(C)Sc2nc3ccccc3c(=O)[nH]2)c(C)c1. The van der Waals surface area contributed by atoms with Gasteiger partial charge in [-0.1, -0.05) is 41.6 Å². The minimum Gasteiger partial charge on any atom is -0.325 e. The van der Waals surface area contributed by atoms with Crippen molar-refractivity contribution in [2.75, 3.05) is 5.32 Å². The molecule has 26 heavy (non-hydrogen) atoms. The first kappa shape index (κ1) is 18.2. The first-order valence-electron chi connectivity index (χ1n) is 8.39. The smallest absolute Gasteiger partial charge is 0.259 e. The highest BCUT2D eigenvalue weighted by atomic mass is 32.2. The number of aromatic nitrogens is 2. The summed E-state index contributed by atoms with van der Waals surface area (Å²) in [6.07, 6.45) is 0. The Hall–Kier alpha value is -2.60. The van der Waals surface area contributed by atoms with Gasteiger partial charge in [-0.25, -0.2) is 4.98 Å². The average Bonchev–Trinajstić information content (AvgIpc) is 2.58. The number of para-hydroxylation sites is 1. The van der Waals surface area contributed by atoms with Crippen LogP contribution >= 0.6 is 11.8 Å². The number of fused-ring (bicyclic) bond motifs is 1. The van der Waals surface area contributed by atoms with Gasteiger partial charge >= 0.3 is 0 Å². The molecule has 0 fully saturated rings. The monoisotopic (exact) mass is 367 g/mol. The van der Waals surface area contributed by atoms with Crippen LogP contribution in [-0.4, -0.2) is 21.1 Å². The minimum atomic E-state index is -0.403. The first-order chi connectivity index (χ1) is 12.3. The summed E-state index contributed by atoms with van der Waals surface area (Å²) in [5, 5.41) is 3.57. The normalized spacial score (nSPS) is 12.2. The van der Waals surface area contributed by atoms with E-state index >= 15 is 0 Å². The number of thioether (sulfide) groups is 1. The lowest BCUT2D eigenvalue weighted by Crippen LogP contribution is -2.24. The number of anilines is 1. The molecule has 5 nitrogen and oxygen atoms in total. The van der Waals surface area contributed by atoms with Gasteiger partial charge in [-0.2, -0.15) is 0 Å². The Morgan fingerprint density at radius 1 is 1.15 bits per heavy atom. The molecule has 0 aliphatic heterocycles. The molecule has 3 rings (SSSR count). The topological polar surface area (TPSA) is 74.8 Å². The summed E-state index contributed by atoms with van der Waals surface area (Å²) < 4.78 is 0. The molecule has 0 bridgehead atoms. The van der Waals surface area contributed by atoms with Gasteiger partial charge in [0.1, 0.15) is 0 Å². The fraction of sp³-hybridized carbons (Fsp3) is 0.250. The van der Waals surface area contributed by atoms with Gasteiger partial charge in [0, 0.05) is 5.69 Å². The van der Waals surface area contributed by atoms with Crippen LogP contribution in [0.5, 0.6) is 0 Å². The van der Waals surface area contributed by atoms with Gasteiger partial charge in [-0.05, 0) is 51.0 Å². The van der Waals surface area contributed by atoms with Crippen molar-refractivity contribution in [1.29, 1.82) is 0 Å². The highest BCUT2D eigenvalue weighted by Crippen LogP contribution is 2.25. The second-order valence-electron chi connectivity index (χ2n) is 6.41. The lowest BCUT2D eigenvalue weighted by Gasteiger charge is -2.16. The van der Waals surface area contributed by atoms with E-state index in [1.54, 1.807) is 25.1 Å². The Balaban J connectivity index is 1.79. The molecule has 0 saturated heterocycles. The second-order valence-corrected chi connectivity index (χ2v) is 7.74. The Morgan fingerprint density at radius 2 is 1.81 bits per heavy atom. The van der Waals surface area contributed by atoms with Crippen LogP contribution in [0.1, 0.15) is 23.6 Å². The second kappa shape index (κ2) is 7.33. The standard InChI is InChI=1S/C20H21N3O2S/c1-11-9-12(2)17(13(3)10-11)22-18(24)14(4)26-20-21-16-8-6-5-7-15(16)19(25)23-20/h5-10,14H,1-4H3,(H,22,24)(H,21,23,25). The number of aromatic amines is 1. The van der Waals surface area contributed by atoms with Gasteiger partial charge in [-0.3, -0.25) is 9.59 Å². The molecule has 1 amide bonds. The van der Waals surface area contributed by atoms with Gasteiger partial charge in [0.15, 0.2) is 5.16 Å². The third-order valence-electron chi connectivity index (χ3n) is 4.17. The molecule has 0 radical (unpaired) electrons. The van der Waals surface area contributed by atoms with Crippen LogP contribution in [0, 0.1) is 20.8 Å². The average molecular weight is 367 g/mol. The predicted octanol–water partition coefficient (Wildman–Crippen LogP) is 3.97. The molecule has 0 spiro atoms. The number of nitrogens with one attached hydrogen (secondary N) is 2. The van der Waals surface area contributed by atoms with Crippen molar-refractivity contribution < 1.29 is 4.79 Å². The van der Waals surface area contributed by atoms with Crippen LogP contribution in [0.15, 0.2) is 46.3 Å². The molecule has 1 aromatic heterocycles. The fourth-order valence-electron chi connectivity index (χ4n) is 2.94. The van der Waals surface area contributed by atoms with E-state index in [0.717, 1.165) is 16.8 Å². The Labute approximate surface area is 156 Å². The molecule has 0 aliphatic carbocycles. The van der Waals surface area contributed by atoms with E-state index in [1.807, 2.05) is 39.0 Å². The summed E-state index contributed by atoms with van der Waals surface area (Å²) in [5.41, 5.74) is 4.49. The van der Waals surface area contributed by atoms with Crippen LogP contribution in [0.4, 0.5) is 5.69 Å². The molecule has 3 aromatic rings. The minimum absolute atomic E-state index is 0.124. The van der Waals surface area contributed by atoms with E-state index in [2.05, 4.69) is 15.3 Å². The van der Waals surface area contributed by atoms with Crippen molar-refractivity contribution in [2.24, 2.45) is 0 Å². The third kappa shape index (κ3) is 3.80. The zero-order valence-electron chi connectivity index (χ0n) is 15.2. The van der Waals surface area contributed by atoms with Crippen molar-refractivity contribution in [3.05, 3.63) is 63.4 Å². The number of amides is 1. The molecule has 134 valence electrons. The fourth-order valence-corrected chi connectivity index (χ4v) is 3.75. The van der Waals surface area contributed by atoms with Crippen molar-refractivity contribution in [1.82, 2.24) is 9.97 Å². The number of benzene rings is 2. The van der Waals surface area contributed by atoms with Gasteiger partial charge in [0.05, 0.1) is 16.2 Å². The summed E-state index contributed by atoms with van der Waals surface area (Å²) in [6.45, 7) is 7.80. The Kier molecular flexibility index (Phi) is 5.13. The number of rotatable bonds is 4. The Morgan fingerprint density at radius 3 is 2.50 bits per heavy atom. The lowest BCUT2D eigenvalue weighted by molar-refractivity contribution is -0.115. The number of aryl methyl sites for hydroxylation is 3. The highest BCUT2D eigenvalue weighted by molar-refractivity contribution is 8.00. The predicted molar refractivity (Wildman–Crippen MR) is 107 cm³/mol. The zero-order valence-corrected chi connectivity index (χ0v) is 16.0. The van der Waals surface area contributed by atoms with Crippen molar-refractivity contribution in [3.63, 3.8) is 0 Å². The van der Waals surface area contributed by atoms with E-state index in [9.17, 15) is 9.59 Å². The van der Waals surface area contributed by atoms with Crippen LogP contribution in [-0.2, 0) is 4.79 Å². The van der Waals surface area contributed by atoms with E-state index < -0.39 is 5.25 Å². The molecule has 1 unspecified atom stereocenters. The molecule has 1 heterocycles. The van der Waals surface area contributed by atoms with E-state index in [1.165, 1.54) is 17.3 Å². The number of hydrogen-bond acceptors (Lipinski definition) is 4. The number of carbonyl (C=O) groups excluding carboxylic acids is 1. The largest absolute Gasteiger partial charge is 0.325 e. The summed E-state index contributed by atoms with van der Waals surface area (Å²) >= 11 is 1.24. The van der Waals surface area contributed by atoms with Crippen LogP contribution < -0.4 is 10.9 Å². The molecule has 6 heteroatoms. The molecular formula is C20H21N3O2S. The molecule has 1 atom stereocenters. The zero-order chi connectivity index (χ0) is 18.8. The highest BCUT2D eigenvalue weighted by Gasteiger charge is 2.18. The van der Waals surface area contributed by atoms with Crippen molar-refractivity contribution in [3.8, 4) is 0 Å². The summed E-state index contributed by atoms with van der Waals surface area (Å²) in [5.74, 6) is -0.124. The van der Waals surface area contributed by atoms with E-state index in [-0.39, 0.29) is 11.5 Å². The Bertz CT molecular complexity index is 1020. The van der Waals surface area contributed by atoms with Gasteiger partial charge in [0.25, 0.3) is 5.56 Å². The van der Waals surface area contributed by atoms with Crippen molar-refractivity contribution >= 4 is 34.3 Å². The van der Waals surface area contributed by atoms with Gasteiger partial charge in [-0.15, -0.1) is 0 Å². The molecule has 2 aromatic carbocycles. The maximum absolute atomic E-state index is 12.6. The first-order valence-corrected chi connectivity index (χ1v) is 9.27. The van der Waals surface area contributed by atoms with Crippen LogP contribution in [0.2, 0.25) is 0 Å². The number of H-pyrrole nitrogens is 1. The van der Waals surface area contributed by atoms with Gasteiger partial charge in [0.2, 0.25) is 5.91 Å². The lowest BCUT2D eigenvalue weighted by atomic mass is 10.1. The number of hydrogen-bond donors (Lipinski definition) is 2. The number of nitrogens with zero attached hydrogens (tertiary/aromatic N) is 1. The molecule has 0 saturated carbocycles. The quantitative estimate of drug-likeness (QED) is 0.540. The molecule has 0 aliphatic rings. The summed E-state index contributed by atoms with van der Waals surface area (Å²) in [7, 11) is 0. The maximum atomic E-state index is 12.6. The van der Waals surface area contributed by atoms with E-state index in [0.29, 0.717) is 16.1 Å². The maximum Gasteiger partial charge on any atom is 0.259 e. The molecular weight excluding hydrogens is 346 g/mol. The summed E-state index contributed by atoms with van der Waals surface area (Å²) in [6, 6.07) is 11.2.